The molecule has 5 aliphatic rings. The summed E-state index contributed by atoms with van der Waals surface area (Å²) in [5.74, 6) is 3.03. The molecule has 0 radical (unpaired) electrons. The number of hydrogen-bond donors (Lipinski definition) is 1. The normalized spacial score (nSPS) is 45.4. The van der Waals surface area contributed by atoms with Gasteiger partial charge in [-0.25, -0.2) is 0 Å². The molecule has 5 rings (SSSR count). The van der Waals surface area contributed by atoms with Crippen molar-refractivity contribution in [1.82, 2.24) is 5.32 Å². The fourth-order valence-electron chi connectivity index (χ4n) is 5.97. The van der Waals surface area contributed by atoms with Crippen LogP contribution in [0.3, 0.4) is 0 Å². The van der Waals surface area contributed by atoms with Gasteiger partial charge >= 0.3 is 0 Å². The molecule has 0 aromatic heterocycles. The fourth-order valence-corrected chi connectivity index (χ4v) is 6.39. The number of rotatable bonds is 2. The maximum absolute atomic E-state index is 5.92. The monoisotopic (exact) mass is 277 g/mol. The molecule has 0 saturated heterocycles. The molecule has 0 aromatic carbocycles. The summed E-state index contributed by atoms with van der Waals surface area (Å²) in [5.41, 5.74) is 0.432. The standard InChI is InChI=1S/C17H27NS/c19-16(18-15-4-2-1-3-5-15)17-9-12-6-13(10-17)8-14(7-12)11-17/h12-15H,1-11H2,(H,18,19). The van der Waals surface area contributed by atoms with Crippen LogP contribution in [0.4, 0.5) is 0 Å². The van der Waals surface area contributed by atoms with Crippen molar-refractivity contribution >= 4 is 17.2 Å². The highest BCUT2D eigenvalue weighted by Gasteiger charge is 2.53. The van der Waals surface area contributed by atoms with Crippen molar-refractivity contribution in [2.45, 2.75) is 76.7 Å². The van der Waals surface area contributed by atoms with Crippen LogP contribution in [-0.4, -0.2) is 11.0 Å². The molecule has 5 aliphatic carbocycles. The van der Waals surface area contributed by atoms with Crippen LogP contribution in [0, 0.1) is 23.2 Å². The Morgan fingerprint density at radius 3 is 1.89 bits per heavy atom. The Hall–Kier alpha value is -0.110. The predicted molar refractivity (Wildman–Crippen MR) is 83.2 cm³/mol. The van der Waals surface area contributed by atoms with Crippen LogP contribution in [0.2, 0.25) is 0 Å². The second-order valence-electron chi connectivity index (χ2n) is 8.01. The third-order valence-corrected chi connectivity index (χ3v) is 7.01. The van der Waals surface area contributed by atoms with Gasteiger partial charge in [0.15, 0.2) is 0 Å². The van der Waals surface area contributed by atoms with Crippen LogP contribution < -0.4 is 5.32 Å². The molecule has 1 N–H and O–H groups in total. The lowest BCUT2D eigenvalue weighted by Gasteiger charge is -2.57. The summed E-state index contributed by atoms with van der Waals surface area (Å²) in [6.45, 7) is 0. The van der Waals surface area contributed by atoms with Gasteiger partial charge in [-0.05, 0) is 69.1 Å². The van der Waals surface area contributed by atoms with Gasteiger partial charge in [-0.1, -0.05) is 31.5 Å². The molecule has 19 heavy (non-hydrogen) atoms. The first-order valence-electron chi connectivity index (χ1n) is 8.54. The molecule has 1 nitrogen and oxygen atoms in total. The quantitative estimate of drug-likeness (QED) is 0.748. The van der Waals surface area contributed by atoms with Gasteiger partial charge in [-0.2, -0.15) is 0 Å². The van der Waals surface area contributed by atoms with Crippen LogP contribution in [-0.2, 0) is 0 Å². The van der Waals surface area contributed by atoms with Crippen molar-refractivity contribution in [3.8, 4) is 0 Å². The Bertz CT molecular complexity index is 334. The van der Waals surface area contributed by atoms with Gasteiger partial charge in [0.05, 0.1) is 4.99 Å². The molecule has 4 bridgehead atoms. The summed E-state index contributed by atoms with van der Waals surface area (Å²) < 4.78 is 0. The van der Waals surface area contributed by atoms with Crippen molar-refractivity contribution in [2.24, 2.45) is 23.2 Å². The SMILES string of the molecule is S=C(NC1CCCCC1)C12CC3CC(CC(C3)C1)C2. The largest absolute Gasteiger partial charge is 0.376 e. The van der Waals surface area contributed by atoms with E-state index in [2.05, 4.69) is 5.32 Å². The van der Waals surface area contributed by atoms with E-state index in [0.717, 1.165) is 17.8 Å². The topological polar surface area (TPSA) is 12.0 Å². The number of thiocarbonyl (C=S) groups is 1. The van der Waals surface area contributed by atoms with E-state index in [9.17, 15) is 0 Å². The second-order valence-corrected chi connectivity index (χ2v) is 8.41. The van der Waals surface area contributed by atoms with Crippen molar-refractivity contribution in [2.75, 3.05) is 0 Å². The maximum atomic E-state index is 5.92. The zero-order valence-electron chi connectivity index (χ0n) is 12.0. The Labute approximate surface area is 122 Å². The summed E-state index contributed by atoms with van der Waals surface area (Å²) in [6.07, 6.45) is 15.7. The summed E-state index contributed by atoms with van der Waals surface area (Å²) in [7, 11) is 0. The molecule has 0 heterocycles. The minimum absolute atomic E-state index is 0.432. The molecule has 0 aliphatic heterocycles. The molecular weight excluding hydrogens is 250 g/mol. The Morgan fingerprint density at radius 2 is 1.37 bits per heavy atom. The Morgan fingerprint density at radius 1 is 0.842 bits per heavy atom. The second kappa shape index (κ2) is 4.72. The van der Waals surface area contributed by atoms with E-state index in [1.807, 2.05) is 0 Å². The van der Waals surface area contributed by atoms with Gasteiger partial charge in [0.1, 0.15) is 0 Å². The van der Waals surface area contributed by atoms with E-state index in [0.29, 0.717) is 11.5 Å². The number of hydrogen-bond acceptors (Lipinski definition) is 1. The highest BCUT2D eigenvalue weighted by atomic mass is 32.1. The van der Waals surface area contributed by atoms with Gasteiger partial charge in [0.2, 0.25) is 0 Å². The predicted octanol–water partition coefficient (Wildman–Crippen LogP) is 4.45. The lowest BCUT2D eigenvalue weighted by molar-refractivity contribution is -0.0130. The van der Waals surface area contributed by atoms with Gasteiger partial charge in [0.25, 0.3) is 0 Å². The van der Waals surface area contributed by atoms with Crippen molar-refractivity contribution < 1.29 is 0 Å². The van der Waals surface area contributed by atoms with Crippen molar-refractivity contribution in [1.29, 1.82) is 0 Å². The maximum Gasteiger partial charge on any atom is 0.0818 e. The zero-order valence-corrected chi connectivity index (χ0v) is 12.8. The highest BCUT2D eigenvalue weighted by molar-refractivity contribution is 7.80. The molecule has 5 saturated carbocycles. The van der Waals surface area contributed by atoms with Crippen LogP contribution in [0.25, 0.3) is 0 Å². The van der Waals surface area contributed by atoms with Gasteiger partial charge < -0.3 is 5.32 Å². The van der Waals surface area contributed by atoms with E-state index >= 15 is 0 Å². The van der Waals surface area contributed by atoms with E-state index < -0.39 is 0 Å². The van der Waals surface area contributed by atoms with Crippen LogP contribution >= 0.6 is 12.2 Å². The summed E-state index contributed by atoms with van der Waals surface area (Å²) in [6, 6.07) is 0.703. The molecule has 0 unspecified atom stereocenters. The molecule has 0 aromatic rings. The lowest BCUT2D eigenvalue weighted by atomic mass is 9.49. The summed E-state index contributed by atoms with van der Waals surface area (Å²) >= 11 is 5.92. The third-order valence-electron chi connectivity index (χ3n) is 6.46. The minimum Gasteiger partial charge on any atom is -0.376 e. The van der Waals surface area contributed by atoms with Gasteiger partial charge in [0, 0.05) is 11.5 Å². The molecule has 0 amide bonds. The van der Waals surface area contributed by atoms with Crippen molar-refractivity contribution in [3.05, 3.63) is 0 Å². The summed E-state index contributed by atoms with van der Waals surface area (Å²) in [5, 5.41) is 3.81. The summed E-state index contributed by atoms with van der Waals surface area (Å²) in [4.78, 5) is 1.28. The third kappa shape index (κ3) is 2.24. The molecule has 106 valence electrons. The molecule has 2 heteroatoms. The van der Waals surface area contributed by atoms with Crippen LogP contribution in [0.15, 0.2) is 0 Å². The first-order valence-corrected chi connectivity index (χ1v) is 8.95. The van der Waals surface area contributed by atoms with E-state index in [1.165, 1.54) is 75.6 Å². The smallest absolute Gasteiger partial charge is 0.0818 e. The van der Waals surface area contributed by atoms with E-state index in [1.54, 1.807) is 0 Å². The fraction of sp³-hybridized carbons (Fsp3) is 0.941. The zero-order chi connectivity index (χ0) is 12.9. The van der Waals surface area contributed by atoms with Crippen molar-refractivity contribution in [3.63, 3.8) is 0 Å². The number of nitrogens with one attached hydrogen (secondary N) is 1. The lowest BCUT2D eigenvalue weighted by Crippen LogP contribution is -2.54. The minimum atomic E-state index is 0.432. The van der Waals surface area contributed by atoms with Crippen LogP contribution in [0.1, 0.15) is 70.6 Å². The molecular formula is C17H27NS. The highest BCUT2D eigenvalue weighted by Crippen LogP contribution is 2.60. The van der Waals surface area contributed by atoms with Gasteiger partial charge in [-0.15, -0.1) is 0 Å². The Balaban J connectivity index is 1.47. The van der Waals surface area contributed by atoms with E-state index in [-0.39, 0.29) is 0 Å². The van der Waals surface area contributed by atoms with Crippen LogP contribution in [0.5, 0.6) is 0 Å². The average Bonchev–Trinajstić information content (AvgIpc) is 2.38. The molecule has 0 spiro atoms. The Kier molecular flexibility index (Phi) is 3.13. The van der Waals surface area contributed by atoms with Gasteiger partial charge in [-0.3, -0.25) is 0 Å². The van der Waals surface area contributed by atoms with E-state index in [4.69, 9.17) is 12.2 Å². The molecule has 5 fully saturated rings. The first kappa shape index (κ1) is 12.6. The average molecular weight is 277 g/mol. The molecule has 0 atom stereocenters. The first-order chi connectivity index (χ1) is 9.23.